The zero-order valence-electron chi connectivity index (χ0n) is 11.1. The molecule has 3 rings (SSSR count). The highest BCUT2D eigenvalue weighted by molar-refractivity contribution is 5.79. The highest BCUT2D eigenvalue weighted by Gasteiger charge is 2.19. The lowest BCUT2D eigenvalue weighted by molar-refractivity contribution is -0.139. The van der Waals surface area contributed by atoms with Crippen LogP contribution in [-0.2, 0) is 16.0 Å². The summed E-state index contributed by atoms with van der Waals surface area (Å²) in [7, 11) is 1.39. The van der Waals surface area contributed by atoms with Crippen molar-refractivity contribution in [2.45, 2.75) is 6.42 Å². The fourth-order valence-corrected chi connectivity index (χ4v) is 2.24. The van der Waals surface area contributed by atoms with E-state index in [0.717, 1.165) is 16.7 Å². The number of methoxy groups -OCH3 is 1. The Morgan fingerprint density at radius 1 is 1.15 bits per heavy atom. The van der Waals surface area contributed by atoms with Crippen LogP contribution in [0.4, 0.5) is 0 Å². The monoisotopic (exact) mass is 270 g/mol. The lowest BCUT2D eigenvalue weighted by Crippen LogP contribution is -2.05. The molecule has 0 saturated heterocycles. The molecule has 2 aromatic rings. The Balaban J connectivity index is 2.08. The maximum atomic E-state index is 11.6. The molecule has 4 nitrogen and oxygen atoms in total. The van der Waals surface area contributed by atoms with Crippen molar-refractivity contribution >= 4 is 5.97 Å². The van der Waals surface area contributed by atoms with Crippen molar-refractivity contribution in [1.29, 1.82) is 0 Å². The van der Waals surface area contributed by atoms with Gasteiger partial charge in [0.05, 0.1) is 13.5 Å². The third-order valence-electron chi connectivity index (χ3n) is 3.25. The van der Waals surface area contributed by atoms with Crippen molar-refractivity contribution in [2.75, 3.05) is 13.9 Å². The number of carbonyl (C=O) groups is 1. The van der Waals surface area contributed by atoms with Gasteiger partial charge in [-0.1, -0.05) is 30.3 Å². The molecule has 0 bridgehead atoms. The molecule has 2 aromatic carbocycles. The number of rotatable bonds is 3. The predicted octanol–water partition coefficient (Wildman–Crippen LogP) is 2.80. The Morgan fingerprint density at radius 2 is 1.85 bits per heavy atom. The third kappa shape index (κ3) is 2.32. The van der Waals surface area contributed by atoms with Gasteiger partial charge in [0.2, 0.25) is 6.79 Å². The van der Waals surface area contributed by atoms with Crippen LogP contribution in [0.25, 0.3) is 11.1 Å². The summed E-state index contributed by atoms with van der Waals surface area (Å²) in [5, 5.41) is 0. The summed E-state index contributed by atoms with van der Waals surface area (Å²) in [4.78, 5) is 11.6. The third-order valence-corrected chi connectivity index (χ3v) is 3.25. The second-order valence-corrected chi connectivity index (χ2v) is 4.48. The molecule has 20 heavy (non-hydrogen) atoms. The minimum Gasteiger partial charge on any atom is -0.469 e. The second-order valence-electron chi connectivity index (χ2n) is 4.48. The van der Waals surface area contributed by atoms with Crippen molar-refractivity contribution in [1.82, 2.24) is 0 Å². The standard InChI is InChI=1S/C16H14O4/c1-18-16(17)8-12-7-14-15(20-10-19-14)9-13(12)11-5-3-2-4-6-11/h2-7,9H,8,10H2,1H3. The number of benzene rings is 2. The molecule has 0 atom stereocenters. The first-order valence-electron chi connectivity index (χ1n) is 6.32. The lowest BCUT2D eigenvalue weighted by Gasteiger charge is -2.10. The minimum absolute atomic E-state index is 0.206. The van der Waals surface area contributed by atoms with Crippen LogP contribution in [-0.4, -0.2) is 19.9 Å². The fourth-order valence-electron chi connectivity index (χ4n) is 2.24. The topological polar surface area (TPSA) is 44.8 Å². The SMILES string of the molecule is COC(=O)Cc1cc2c(cc1-c1ccccc1)OCO2. The van der Waals surface area contributed by atoms with Crippen LogP contribution in [0.15, 0.2) is 42.5 Å². The largest absolute Gasteiger partial charge is 0.469 e. The Hall–Kier alpha value is -2.49. The van der Waals surface area contributed by atoms with E-state index >= 15 is 0 Å². The van der Waals surface area contributed by atoms with Crippen molar-refractivity contribution in [3.05, 3.63) is 48.0 Å². The van der Waals surface area contributed by atoms with Gasteiger partial charge in [-0.25, -0.2) is 0 Å². The molecule has 4 heteroatoms. The van der Waals surface area contributed by atoms with Gasteiger partial charge in [0.25, 0.3) is 0 Å². The van der Waals surface area contributed by atoms with Crippen molar-refractivity contribution in [3.63, 3.8) is 0 Å². The minimum atomic E-state index is -0.277. The number of carbonyl (C=O) groups excluding carboxylic acids is 1. The predicted molar refractivity (Wildman–Crippen MR) is 73.7 cm³/mol. The maximum Gasteiger partial charge on any atom is 0.310 e. The van der Waals surface area contributed by atoms with E-state index in [9.17, 15) is 4.79 Å². The van der Waals surface area contributed by atoms with Crippen LogP contribution in [0.5, 0.6) is 11.5 Å². The van der Waals surface area contributed by atoms with Crippen molar-refractivity contribution in [3.8, 4) is 22.6 Å². The summed E-state index contributed by atoms with van der Waals surface area (Å²) in [6.07, 6.45) is 0.206. The van der Waals surface area contributed by atoms with Crippen molar-refractivity contribution < 1.29 is 19.0 Å². The van der Waals surface area contributed by atoms with E-state index in [1.807, 2.05) is 42.5 Å². The van der Waals surface area contributed by atoms with Crippen LogP contribution < -0.4 is 9.47 Å². The molecule has 1 aliphatic heterocycles. The highest BCUT2D eigenvalue weighted by atomic mass is 16.7. The van der Waals surface area contributed by atoms with Gasteiger partial charge in [0, 0.05) is 0 Å². The van der Waals surface area contributed by atoms with Crippen LogP contribution in [0.1, 0.15) is 5.56 Å². The maximum absolute atomic E-state index is 11.6. The Morgan fingerprint density at radius 3 is 2.55 bits per heavy atom. The van der Waals surface area contributed by atoms with Gasteiger partial charge in [-0.05, 0) is 28.8 Å². The van der Waals surface area contributed by atoms with E-state index in [0.29, 0.717) is 11.5 Å². The average Bonchev–Trinajstić information content (AvgIpc) is 2.94. The van der Waals surface area contributed by atoms with E-state index in [-0.39, 0.29) is 19.2 Å². The van der Waals surface area contributed by atoms with E-state index in [2.05, 4.69) is 0 Å². The summed E-state index contributed by atoms with van der Waals surface area (Å²) < 4.78 is 15.5. The molecule has 0 amide bonds. The molecule has 1 aliphatic rings. The Bertz CT molecular complexity index is 634. The van der Waals surface area contributed by atoms with Gasteiger partial charge >= 0.3 is 5.97 Å². The molecule has 0 fully saturated rings. The van der Waals surface area contributed by atoms with Gasteiger partial charge in [-0.2, -0.15) is 0 Å². The molecule has 0 radical (unpaired) electrons. The average molecular weight is 270 g/mol. The first kappa shape index (κ1) is 12.5. The van der Waals surface area contributed by atoms with Gasteiger partial charge in [-0.15, -0.1) is 0 Å². The van der Waals surface area contributed by atoms with Gasteiger partial charge in [0.1, 0.15) is 0 Å². The number of ether oxygens (including phenoxy) is 3. The molecule has 1 heterocycles. The number of hydrogen-bond donors (Lipinski definition) is 0. The molecular weight excluding hydrogens is 256 g/mol. The number of esters is 1. The van der Waals surface area contributed by atoms with Crippen molar-refractivity contribution in [2.24, 2.45) is 0 Å². The van der Waals surface area contributed by atoms with Gasteiger partial charge in [-0.3, -0.25) is 4.79 Å². The van der Waals surface area contributed by atoms with E-state index in [1.165, 1.54) is 7.11 Å². The molecule has 0 aliphatic carbocycles. The number of hydrogen-bond acceptors (Lipinski definition) is 4. The zero-order chi connectivity index (χ0) is 13.9. The van der Waals surface area contributed by atoms with Gasteiger partial charge < -0.3 is 14.2 Å². The molecular formula is C16H14O4. The first-order valence-corrected chi connectivity index (χ1v) is 6.32. The van der Waals surface area contributed by atoms with E-state index < -0.39 is 0 Å². The van der Waals surface area contributed by atoms with E-state index in [4.69, 9.17) is 14.2 Å². The lowest BCUT2D eigenvalue weighted by atomic mass is 9.97. The highest BCUT2D eigenvalue weighted by Crippen LogP contribution is 2.39. The summed E-state index contributed by atoms with van der Waals surface area (Å²) in [5.74, 6) is 1.10. The van der Waals surface area contributed by atoms with E-state index in [1.54, 1.807) is 0 Å². The molecule has 102 valence electrons. The van der Waals surface area contributed by atoms with Crippen LogP contribution in [0.2, 0.25) is 0 Å². The smallest absolute Gasteiger partial charge is 0.310 e. The van der Waals surface area contributed by atoms with Crippen LogP contribution in [0.3, 0.4) is 0 Å². The first-order chi connectivity index (χ1) is 9.78. The second kappa shape index (κ2) is 5.25. The fraction of sp³-hybridized carbons (Fsp3) is 0.188. The molecule has 0 unspecified atom stereocenters. The molecule has 0 aromatic heterocycles. The number of fused-ring (bicyclic) bond motifs is 1. The summed E-state index contributed by atoms with van der Waals surface area (Å²) in [6.45, 7) is 0.214. The summed E-state index contributed by atoms with van der Waals surface area (Å²) >= 11 is 0. The quantitative estimate of drug-likeness (QED) is 0.804. The van der Waals surface area contributed by atoms with Gasteiger partial charge in [0.15, 0.2) is 11.5 Å². The summed E-state index contributed by atoms with van der Waals surface area (Å²) in [5.41, 5.74) is 2.86. The van der Waals surface area contributed by atoms with Crippen LogP contribution >= 0.6 is 0 Å². The molecule has 0 saturated carbocycles. The van der Waals surface area contributed by atoms with Crippen LogP contribution in [0, 0.1) is 0 Å². The normalized spacial score (nSPS) is 12.2. The Labute approximate surface area is 116 Å². The summed E-state index contributed by atoms with van der Waals surface area (Å²) in [6, 6.07) is 13.6. The zero-order valence-corrected chi connectivity index (χ0v) is 11.1. The Kier molecular flexibility index (Phi) is 3.29. The molecule has 0 N–H and O–H groups in total. The molecule has 0 spiro atoms.